The Balaban J connectivity index is 2.61. The van der Waals surface area contributed by atoms with E-state index in [9.17, 15) is 21.6 Å². The van der Waals surface area contributed by atoms with Crippen LogP contribution in [0.25, 0.3) is 11.0 Å². The molecule has 0 spiro atoms. The van der Waals surface area contributed by atoms with Crippen molar-refractivity contribution >= 4 is 55.7 Å². The van der Waals surface area contributed by atoms with Gasteiger partial charge < -0.3 is 4.98 Å². The van der Waals surface area contributed by atoms with Crippen molar-refractivity contribution in [1.82, 2.24) is 9.97 Å². The third-order valence-electron chi connectivity index (χ3n) is 2.34. The normalized spacial score (nSPS) is 13.9. The highest BCUT2D eigenvalue weighted by molar-refractivity contribution is 7.97. The van der Waals surface area contributed by atoms with Gasteiger partial charge in [0.2, 0.25) is 15.7 Å². The van der Waals surface area contributed by atoms with Gasteiger partial charge in [0.1, 0.15) is 0 Å². The minimum absolute atomic E-state index is 0.0550. The molecule has 0 saturated heterocycles. The standard InChI is InChI=1S/C9H4Cl3F3N2O2S/c10-9(11,12)20(18,19)4-1-2-5-6(3-4)17-7(16-5)8(13,14)15/h1-3H,(H,16,17). The van der Waals surface area contributed by atoms with Crippen LogP contribution < -0.4 is 0 Å². The Hall–Kier alpha value is -0.700. The summed E-state index contributed by atoms with van der Waals surface area (Å²) in [5.41, 5.74) is -0.187. The number of nitrogens with one attached hydrogen (secondary N) is 1. The fourth-order valence-electron chi connectivity index (χ4n) is 1.42. The zero-order valence-electron chi connectivity index (χ0n) is 9.17. The molecule has 0 saturated carbocycles. The zero-order chi connectivity index (χ0) is 15.3. The van der Waals surface area contributed by atoms with E-state index in [1.807, 2.05) is 4.98 Å². The Labute approximate surface area is 125 Å². The van der Waals surface area contributed by atoms with Crippen molar-refractivity contribution < 1.29 is 21.6 Å². The molecule has 11 heteroatoms. The lowest BCUT2D eigenvalue weighted by Gasteiger charge is -2.11. The number of hydrogen-bond acceptors (Lipinski definition) is 3. The minimum Gasteiger partial charge on any atom is -0.334 e. The SMILES string of the molecule is O=S(=O)(c1ccc2nc(C(F)(F)F)[nH]c2c1)C(Cl)(Cl)Cl. The molecule has 0 bridgehead atoms. The van der Waals surface area contributed by atoms with Crippen LogP contribution in [0.2, 0.25) is 0 Å². The summed E-state index contributed by atoms with van der Waals surface area (Å²) in [6, 6.07) is 3.03. The number of alkyl halides is 6. The van der Waals surface area contributed by atoms with Gasteiger partial charge in [-0.1, -0.05) is 34.8 Å². The summed E-state index contributed by atoms with van der Waals surface area (Å²) in [4.78, 5) is 4.84. The summed E-state index contributed by atoms with van der Waals surface area (Å²) in [5, 5.41) is 0. The van der Waals surface area contributed by atoms with Crippen LogP contribution in [0.15, 0.2) is 23.1 Å². The van der Waals surface area contributed by atoms with Gasteiger partial charge in [-0.2, -0.15) is 13.2 Å². The molecular weight excluding hydrogens is 364 g/mol. The van der Waals surface area contributed by atoms with Gasteiger partial charge in [0, 0.05) is 0 Å². The number of nitrogens with zero attached hydrogens (tertiary/aromatic N) is 1. The first-order valence-electron chi connectivity index (χ1n) is 4.81. The molecule has 0 aliphatic carbocycles. The Bertz CT molecular complexity index is 765. The number of benzene rings is 1. The van der Waals surface area contributed by atoms with Crippen LogP contribution in [0, 0.1) is 0 Å². The van der Waals surface area contributed by atoms with E-state index in [1.165, 1.54) is 0 Å². The van der Waals surface area contributed by atoms with Crippen molar-refractivity contribution in [2.24, 2.45) is 0 Å². The maximum atomic E-state index is 12.5. The largest absolute Gasteiger partial charge is 0.449 e. The van der Waals surface area contributed by atoms with E-state index in [4.69, 9.17) is 34.8 Å². The van der Waals surface area contributed by atoms with Crippen LogP contribution in [0.3, 0.4) is 0 Å². The molecule has 1 N–H and O–H groups in total. The summed E-state index contributed by atoms with van der Waals surface area (Å²) >= 11 is 16.0. The summed E-state index contributed by atoms with van der Waals surface area (Å²) in [6.45, 7) is 0. The van der Waals surface area contributed by atoms with Crippen molar-refractivity contribution in [3.05, 3.63) is 24.0 Å². The Morgan fingerprint density at radius 2 is 1.75 bits per heavy atom. The number of halogens is 6. The molecule has 1 aromatic carbocycles. The molecule has 0 aliphatic rings. The quantitative estimate of drug-likeness (QED) is 0.782. The molecule has 0 amide bonds. The second-order valence-electron chi connectivity index (χ2n) is 3.71. The number of imidazole rings is 1. The van der Waals surface area contributed by atoms with Gasteiger partial charge in [0.25, 0.3) is 3.12 Å². The van der Waals surface area contributed by atoms with E-state index in [0.29, 0.717) is 0 Å². The fourth-order valence-corrected chi connectivity index (χ4v) is 3.01. The molecule has 20 heavy (non-hydrogen) atoms. The Morgan fingerprint density at radius 3 is 2.25 bits per heavy atom. The molecule has 0 unspecified atom stereocenters. The average Bonchev–Trinajstić information content (AvgIpc) is 2.69. The number of aromatic nitrogens is 2. The third kappa shape index (κ3) is 2.69. The number of aromatic amines is 1. The monoisotopic (exact) mass is 366 g/mol. The van der Waals surface area contributed by atoms with Gasteiger partial charge in [0.05, 0.1) is 15.9 Å². The van der Waals surface area contributed by atoms with E-state index in [1.54, 1.807) is 0 Å². The molecule has 2 rings (SSSR count). The number of fused-ring (bicyclic) bond motifs is 1. The maximum Gasteiger partial charge on any atom is 0.449 e. The van der Waals surface area contributed by atoms with Crippen molar-refractivity contribution in [3.8, 4) is 0 Å². The lowest BCUT2D eigenvalue weighted by Crippen LogP contribution is -2.19. The van der Waals surface area contributed by atoms with Crippen LogP contribution in [-0.4, -0.2) is 21.5 Å². The van der Waals surface area contributed by atoms with Crippen molar-refractivity contribution in [2.45, 2.75) is 14.2 Å². The molecule has 0 aliphatic heterocycles. The highest BCUT2D eigenvalue weighted by Crippen LogP contribution is 2.38. The molecule has 4 nitrogen and oxygen atoms in total. The summed E-state index contributed by atoms with van der Waals surface area (Å²) in [7, 11) is -4.33. The van der Waals surface area contributed by atoms with Crippen LogP contribution in [0.1, 0.15) is 5.82 Å². The van der Waals surface area contributed by atoms with Gasteiger partial charge >= 0.3 is 6.18 Å². The van der Waals surface area contributed by atoms with E-state index in [2.05, 4.69) is 4.98 Å². The van der Waals surface area contributed by atoms with Crippen LogP contribution in [-0.2, 0) is 16.0 Å². The van der Waals surface area contributed by atoms with E-state index in [0.717, 1.165) is 18.2 Å². The highest BCUT2D eigenvalue weighted by atomic mass is 35.6. The van der Waals surface area contributed by atoms with Gasteiger partial charge in [-0.25, -0.2) is 13.4 Å². The Morgan fingerprint density at radius 1 is 1.15 bits per heavy atom. The smallest absolute Gasteiger partial charge is 0.334 e. The van der Waals surface area contributed by atoms with Gasteiger partial charge in [-0.3, -0.25) is 0 Å². The highest BCUT2D eigenvalue weighted by Gasteiger charge is 2.40. The van der Waals surface area contributed by atoms with Gasteiger partial charge in [-0.05, 0) is 18.2 Å². The van der Waals surface area contributed by atoms with Crippen molar-refractivity contribution in [3.63, 3.8) is 0 Å². The zero-order valence-corrected chi connectivity index (χ0v) is 12.3. The molecular formula is C9H4Cl3F3N2O2S. The third-order valence-corrected chi connectivity index (χ3v) is 5.65. The van der Waals surface area contributed by atoms with E-state index >= 15 is 0 Å². The predicted octanol–water partition coefficient (Wildman–Crippen LogP) is 3.68. The van der Waals surface area contributed by atoms with Crippen LogP contribution in [0.5, 0.6) is 0 Å². The Kier molecular flexibility index (Phi) is 3.65. The maximum absolute atomic E-state index is 12.5. The van der Waals surface area contributed by atoms with Crippen molar-refractivity contribution in [1.29, 1.82) is 0 Å². The molecule has 0 atom stereocenters. The van der Waals surface area contributed by atoms with Crippen LogP contribution in [0.4, 0.5) is 13.2 Å². The van der Waals surface area contributed by atoms with Crippen molar-refractivity contribution in [2.75, 3.05) is 0 Å². The average molecular weight is 368 g/mol. The number of sulfone groups is 1. The van der Waals surface area contributed by atoms with Gasteiger partial charge in [-0.15, -0.1) is 0 Å². The summed E-state index contributed by atoms with van der Waals surface area (Å²) in [5.74, 6) is -1.24. The molecule has 1 aromatic heterocycles. The first-order chi connectivity index (χ1) is 8.93. The first kappa shape index (κ1) is 15.7. The fraction of sp³-hybridized carbons (Fsp3) is 0.222. The second kappa shape index (κ2) is 4.66. The van der Waals surface area contributed by atoms with Gasteiger partial charge in [0.15, 0.2) is 0 Å². The minimum atomic E-state index is -4.67. The summed E-state index contributed by atoms with van der Waals surface area (Å²) < 4.78 is 58.5. The first-order valence-corrected chi connectivity index (χ1v) is 7.43. The van der Waals surface area contributed by atoms with E-state index < -0.39 is 29.9 Å². The van der Waals surface area contributed by atoms with Crippen LogP contribution >= 0.6 is 34.8 Å². The molecule has 110 valence electrons. The lowest BCUT2D eigenvalue weighted by atomic mass is 10.3. The topological polar surface area (TPSA) is 62.8 Å². The molecule has 1 heterocycles. The second-order valence-corrected chi connectivity index (χ2v) is 8.76. The number of H-pyrrole nitrogens is 1. The molecule has 2 aromatic rings. The summed E-state index contributed by atoms with van der Waals surface area (Å²) in [6.07, 6.45) is -4.67. The molecule has 0 radical (unpaired) electrons. The predicted molar refractivity (Wildman–Crippen MR) is 68.6 cm³/mol. The van der Waals surface area contributed by atoms with E-state index in [-0.39, 0.29) is 11.0 Å². The number of rotatable bonds is 1. The number of hydrogen-bond donors (Lipinski definition) is 1. The lowest BCUT2D eigenvalue weighted by molar-refractivity contribution is -0.144. The molecule has 0 fully saturated rings.